The van der Waals surface area contributed by atoms with Gasteiger partial charge >= 0.3 is 5.97 Å². The molecule has 7 heteroatoms. The summed E-state index contributed by atoms with van der Waals surface area (Å²) in [5, 5.41) is 1.07. The molecule has 2 aliphatic rings. The molecular weight excluding hydrogens is 322 g/mol. The number of ether oxygens (including phenoxy) is 3. The summed E-state index contributed by atoms with van der Waals surface area (Å²) < 4.78 is 18.4. The number of nitrogens with zero attached hydrogens (tertiary/aromatic N) is 3. The van der Waals surface area contributed by atoms with Crippen molar-refractivity contribution in [1.29, 1.82) is 0 Å². The molecule has 2 aromatic heterocycles. The van der Waals surface area contributed by atoms with Crippen LogP contribution in [-0.4, -0.2) is 59.6 Å². The van der Waals surface area contributed by atoms with Gasteiger partial charge in [-0.2, -0.15) is 0 Å². The number of likely N-dealkylation sites (tertiary alicyclic amines) is 1. The van der Waals surface area contributed by atoms with Crippen molar-refractivity contribution >= 4 is 17.0 Å². The molecule has 2 aliphatic heterocycles. The molecule has 0 bridgehead atoms. The van der Waals surface area contributed by atoms with E-state index in [0.717, 1.165) is 49.1 Å². The van der Waals surface area contributed by atoms with Gasteiger partial charge in [-0.05, 0) is 30.7 Å². The van der Waals surface area contributed by atoms with E-state index in [4.69, 9.17) is 14.2 Å². The highest BCUT2D eigenvalue weighted by Crippen LogP contribution is 2.31. The topological polar surface area (TPSA) is 65.8 Å². The Morgan fingerprint density at radius 2 is 2.24 bits per heavy atom. The van der Waals surface area contributed by atoms with Crippen LogP contribution in [-0.2, 0) is 32.1 Å². The number of rotatable bonds is 4. The molecule has 0 aliphatic carbocycles. The van der Waals surface area contributed by atoms with E-state index >= 15 is 0 Å². The molecule has 4 heterocycles. The fourth-order valence-electron chi connectivity index (χ4n) is 3.82. The minimum Gasteiger partial charge on any atom is -0.468 e. The van der Waals surface area contributed by atoms with Gasteiger partial charge in [-0.15, -0.1) is 0 Å². The number of hydrogen-bond donors (Lipinski definition) is 0. The lowest BCUT2D eigenvalue weighted by atomic mass is 10.0. The van der Waals surface area contributed by atoms with Crippen molar-refractivity contribution in [3.63, 3.8) is 0 Å². The Kier molecular flexibility index (Phi) is 4.45. The van der Waals surface area contributed by atoms with Crippen molar-refractivity contribution in [2.45, 2.75) is 31.7 Å². The predicted molar refractivity (Wildman–Crippen MR) is 90.9 cm³/mol. The third-order valence-electron chi connectivity index (χ3n) is 4.95. The second kappa shape index (κ2) is 6.74. The molecule has 4 rings (SSSR count). The normalized spacial score (nSPS) is 20.4. The average molecular weight is 345 g/mol. The van der Waals surface area contributed by atoms with E-state index in [0.29, 0.717) is 13.2 Å². The molecule has 7 nitrogen and oxygen atoms in total. The molecule has 0 N–H and O–H groups in total. The van der Waals surface area contributed by atoms with Gasteiger partial charge in [0.1, 0.15) is 12.2 Å². The van der Waals surface area contributed by atoms with Crippen LogP contribution in [0.3, 0.4) is 0 Å². The first-order valence-electron chi connectivity index (χ1n) is 8.69. The molecule has 2 fully saturated rings. The van der Waals surface area contributed by atoms with E-state index in [1.165, 1.54) is 7.11 Å². The van der Waals surface area contributed by atoms with Crippen LogP contribution in [0.4, 0.5) is 0 Å². The fourth-order valence-corrected chi connectivity index (χ4v) is 3.82. The van der Waals surface area contributed by atoms with Crippen LogP contribution in [0.1, 0.15) is 18.4 Å². The number of hydrogen-bond acceptors (Lipinski definition) is 6. The van der Waals surface area contributed by atoms with E-state index in [1.807, 2.05) is 22.9 Å². The van der Waals surface area contributed by atoms with Crippen LogP contribution in [0.15, 0.2) is 24.5 Å². The van der Waals surface area contributed by atoms with Gasteiger partial charge in [0.15, 0.2) is 5.79 Å². The lowest BCUT2D eigenvalue weighted by Gasteiger charge is -2.38. The molecule has 0 amide bonds. The van der Waals surface area contributed by atoms with Crippen LogP contribution >= 0.6 is 0 Å². The summed E-state index contributed by atoms with van der Waals surface area (Å²) in [7, 11) is 1.40. The van der Waals surface area contributed by atoms with Gasteiger partial charge in [0.25, 0.3) is 0 Å². The minimum absolute atomic E-state index is 0.167. The number of esters is 1. The summed E-state index contributed by atoms with van der Waals surface area (Å²) >= 11 is 0. The monoisotopic (exact) mass is 345 g/mol. The Morgan fingerprint density at radius 3 is 3.04 bits per heavy atom. The maximum absolute atomic E-state index is 11.7. The Balaban J connectivity index is 1.57. The van der Waals surface area contributed by atoms with Crippen LogP contribution in [0.25, 0.3) is 11.0 Å². The highest BCUT2D eigenvalue weighted by Gasteiger charge is 2.40. The zero-order chi connectivity index (χ0) is 17.3. The van der Waals surface area contributed by atoms with Crippen molar-refractivity contribution in [3.8, 4) is 0 Å². The molecule has 25 heavy (non-hydrogen) atoms. The summed E-state index contributed by atoms with van der Waals surface area (Å²) in [5.41, 5.74) is 1.96. The van der Waals surface area contributed by atoms with Crippen LogP contribution in [0.5, 0.6) is 0 Å². The third-order valence-corrected chi connectivity index (χ3v) is 4.95. The molecular formula is C18H23N3O4. The molecule has 0 aromatic carbocycles. The van der Waals surface area contributed by atoms with Gasteiger partial charge in [0, 0.05) is 30.7 Å². The second-order valence-electron chi connectivity index (χ2n) is 6.65. The van der Waals surface area contributed by atoms with Crippen LogP contribution in [0, 0.1) is 0 Å². The maximum Gasteiger partial charge on any atom is 0.325 e. The SMILES string of the molecule is COC(=O)Cn1cc(CN2CCCC3(C2)OCCO3)c2cccnc21. The fraction of sp³-hybridized carbons (Fsp3) is 0.556. The Morgan fingerprint density at radius 1 is 1.40 bits per heavy atom. The lowest BCUT2D eigenvalue weighted by molar-refractivity contribution is -0.190. The summed E-state index contributed by atoms with van der Waals surface area (Å²) in [4.78, 5) is 18.5. The molecule has 2 aromatic rings. The average Bonchev–Trinajstić information content (AvgIpc) is 3.21. The third kappa shape index (κ3) is 3.27. The van der Waals surface area contributed by atoms with Crippen molar-refractivity contribution in [3.05, 3.63) is 30.1 Å². The first-order valence-corrected chi connectivity index (χ1v) is 8.69. The number of methoxy groups -OCH3 is 1. The number of fused-ring (bicyclic) bond motifs is 1. The molecule has 0 unspecified atom stereocenters. The zero-order valence-electron chi connectivity index (χ0n) is 14.4. The number of pyridine rings is 1. The van der Waals surface area contributed by atoms with Gasteiger partial charge in [-0.3, -0.25) is 9.69 Å². The maximum atomic E-state index is 11.7. The first-order chi connectivity index (χ1) is 12.2. The van der Waals surface area contributed by atoms with Gasteiger partial charge in [-0.25, -0.2) is 4.98 Å². The summed E-state index contributed by atoms with van der Waals surface area (Å²) in [6, 6.07) is 3.98. The van der Waals surface area contributed by atoms with Crippen molar-refractivity contribution < 1.29 is 19.0 Å². The van der Waals surface area contributed by atoms with Crippen LogP contribution < -0.4 is 0 Å². The van der Waals surface area contributed by atoms with Gasteiger partial charge in [-0.1, -0.05) is 0 Å². The lowest BCUT2D eigenvalue weighted by Crippen LogP contribution is -2.48. The van der Waals surface area contributed by atoms with E-state index in [9.17, 15) is 4.79 Å². The van der Waals surface area contributed by atoms with E-state index in [2.05, 4.69) is 9.88 Å². The second-order valence-corrected chi connectivity index (χ2v) is 6.65. The highest BCUT2D eigenvalue weighted by atomic mass is 16.7. The quantitative estimate of drug-likeness (QED) is 0.784. The summed E-state index contributed by atoms with van der Waals surface area (Å²) in [5.74, 6) is -0.709. The molecule has 2 saturated heterocycles. The largest absolute Gasteiger partial charge is 0.468 e. The predicted octanol–water partition coefficient (Wildman–Crippen LogP) is 1.55. The number of carbonyl (C=O) groups excluding carboxylic acids is 1. The molecule has 0 saturated carbocycles. The zero-order valence-corrected chi connectivity index (χ0v) is 14.4. The summed E-state index contributed by atoms with van der Waals surface area (Å²) in [6.07, 6.45) is 5.76. The van der Waals surface area contributed by atoms with Gasteiger partial charge < -0.3 is 18.8 Å². The highest BCUT2D eigenvalue weighted by molar-refractivity contribution is 5.82. The van der Waals surface area contributed by atoms with E-state index < -0.39 is 5.79 Å². The van der Waals surface area contributed by atoms with Crippen molar-refractivity contribution in [2.24, 2.45) is 0 Å². The minimum atomic E-state index is -0.430. The molecule has 134 valence electrons. The van der Waals surface area contributed by atoms with Crippen molar-refractivity contribution in [2.75, 3.05) is 33.4 Å². The van der Waals surface area contributed by atoms with E-state index in [1.54, 1.807) is 6.20 Å². The smallest absolute Gasteiger partial charge is 0.325 e. The Hall–Kier alpha value is -1.96. The number of piperidine rings is 1. The molecule has 0 atom stereocenters. The van der Waals surface area contributed by atoms with E-state index in [-0.39, 0.29) is 12.5 Å². The Labute approximate surface area is 146 Å². The number of aromatic nitrogens is 2. The molecule has 1 spiro atoms. The molecule has 0 radical (unpaired) electrons. The van der Waals surface area contributed by atoms with Crippen LogP contribution in [0.2, 0.25) is 0 Å². The number of carbonyl (C=O) groups is 1. The standard InChI is InChI=1S/C18H23N3O4/c1-23-16(22)12-21-11-14(15-4-2-6-19-17(15)21)10-20-7-3-5-18(13-20)24-8-9-25-18/h2,4,6,11H,3,5,7-10,12-13H2,1H3. The van der Waals surface area contributed by atoms with Crippen molar-refractivity contribution in [1.82, 2.24) is 14.5 Å². The Bertz CT molecular complexity index is 767. The van der Waals surface area contributed by atoms with Gasteiger partial charge in [0.05, 0.1) is 26.9 Å². The van der Waals surface area contributed by atoms with Gasteiger partial charge in [0.2, 0.25) is 0 Å². The summed E-state index contributed by atoms with van der Waals surface area (Å²) in [6.45, 7) is 4.09. The first kappa shape index (κ1) is 16.5.